The zero-order valence-electron chi connectivity index (χ0n) is 10.3. The molecular formula is C11H11F2N3O3S. The number of anilines is 1. The third-order valence-corrected chi connectivity index (χ3v) is 4.13. The van der Waals surface area contributed by atoms with Gasteiger partial charge in [0.2, 0.25) is 0 Å². The molecule has 0 atom stereocenters. The first-order valence-electron chi connectivity index (χ1n) is 5.48. The molecule has 1 aromatic carbocycles. The minimum atomic E-state index is -4.27. The molecule has 0 saturated heterocycles. The van der Waals surface area contributed by atoms with Crippen LogP contribution >= 0.6 is 0 Å². The summed E-state index contributed by atoms with van der Waals surface area (Å²) in [6.07, 6.45) is 0. The van der Waals surface area contributed by atoms with Crippen molar-refractivity contribution in [1.82, 2.24) is 10.2 Å². The van der Waals surface area contributed by atoms with Crippen LogP contribution < -0.4 is 4.72 Å². The number of benzene rings is 1. The maximum atomic E-state index is 13.5. The number of rotatable bonds is 4. The Morgan fingerprint density at radius 2 is 1.95 bits per heavy atom. The van der Waals surface area contributed by atoms with Crippen molar-refractivity contribution in [2.75, 3.05) is 4.72 Å². The number of aliphatic hydroxyl groups is 1. The molecule has 0 bridgehead atoms. The fourth-order valence-electron chi connectivity index (χ4n) is 1.71. The number of nitrogens with one attached hydrogen (secondary N) is 2. The van der Waals surface area contributed by atoms with Crippen LogP contribution in [0.1, 0.15) is 11.4 Å². The van der Waals surface area contributed by atoms with Crippen LogP contribution in [-0.4, -0.2) is 23.7 Å². The van der Waals surface area contributed by atoms with Crippen LogP contribution in [0.2, 0.25) is 0 Å². The SMILES string of the molecule is Cc1[nH]nc(CO)c1S(=O)(=O)Nc1c(F)cccc1F. The van der Waals surface area contributed by atoms with E-state index >= 15 is 0 Å². The highest BCUT2D eigenvalue weighted by atomic mass is 32.2. The lowest BCUT2D eigenvalue weighted by Gasteiger charge is -2.10. The summed E-state index contributed by atoms with van der Waals surface area (Å²) in [5, 5.41) is 15.0. The summed E-state index contributed by atoms with van der Waals surface area (Å²) in [7, 11) is -4.27. The first kappa shape index (κ1) is 14.4. The van der Waals surface area contributed by atoms with Crippen LogP contribution in [-0.2, 0) is 16.6 Å². The molecule has 2 aromatic rings. The van der Waals surface area contributed by atoms with Gasteiger partial charge in [0.25, 0.3) is 10.0 Å². The van der Waals surface area contributed by atoms with E-state index < -0.39 is 34.0 Å². The van der Waals surface area contributed by atoms with E-state index in [4.69, 9.17) is 5.11 Å². The molecule has 0 aliphatic rings. The Balaban J connectivity index is 2.49. The summed E-state index contributed by atoms with van der Waals surface area (Å²) in [4.78, 5) is -0.331. The molecule has 9 heteroatoms. The Bertz CT molecular complexity index is 723. The van der Waals surface area contributed by atoms with Crippen LogP contribution in [0.4, 0.5) is 14.5 Å². The van der Waals surface area contributed by atoms with E-state index in [1.807, 2.05) is 4.72 Å². The number of aryl methyl sites for hydroxylation is 1. The van der Waals surface area contributed by atoms with Gasteiger partial charge < -0.3 is 5.11 Å². The largest absolute Gasteiger partial charge is 0.390 e. The highest BCUT2D eigenvalue weighted by Gasteiger charge is 2.26. The fraction of sp³-hybridized carbons (Fsp3) is 0.182. The predicted molar refractivity (Wildman–Crippen MR) is 66.4 cm³/mol. The van der Waals surface area contributed by atoms with Gasteiger partial charge in [0.15, 0.2) is 0 Å². The molecule has 0 spiro atoms. The van der Waals surface area contributed by atoms with E-state index in [9.17, 15) is 17.2 Å². The third-order valence-electron chi connectivity index (χ3n) is 2.58. The number of sulfonamides is 1. The zero-order valence-corrected chi connectivity index (χ0v) is 11.1. The molecule has 1 aromatic heterocycles. The van der Waals surface area contributed by atoms with Crippen molar-refractivity contribution in [2.24, 2.45) is 0 Å². The Morgan fingerprint density at radius 1 is 1.35 bits per heavy atom. The Labute approximate surface area is 113 Å². The molecule has 20 heavy (non-hydrogen) atoms. The lowest BCUT2D eigenvalue weighted by Crippen LogP contribution is -2.17. The Kier molecular flexibility index (Phi) is 3.73. The predicted octanol–water partition coefficient (Wildman–Crippen LogP) is 1.29. The number of aliphatic hydroxyl groups excluding tert-OH is 1. The standard InChI is InChI=1S/C11H11F2N3O3S/c1-6-11(9(5-17)15-14-6)20(18,19)16-10-7(12)3-2-4-8(10)13/h2-4,16-17H,5H2,1H3,(H,14,15). The maximum Gasteiger partial charge on any atom is 0.265 e. The Morgan fingerprint density at radius 3 is 2.50 bits per heavy atom. The first-order valence-corrected chi connectivity index (χ1v) is 6.96. The normalized spacial score (nSPS) is 11.6. The molecule has 0 aliphatic heterocycles. The van der Waals surface area contributed by atoms with Gasteiger partial charge in [-0.2, -0.15) is 5.10 Å². The van der Waals surface area contributed by atoms with Crippen molar-refractivity contribution in [3.8, 4) is 0 Å². The monoisotopic (exact) mass is 303 g/mol. The molecule has 0 aliphatic carbocycles. The van der Waals surface area contributed by atoms with Crippen molar-refractivity contribution in [1.29, 1.82) is 0 Å². The Hall–Kier alpha value is -2.00. The third kappa shape index (κ3) is 2.49. The highest BCUT2D eigenvalue weighted by molar-refractivity contribution is 7.92. The van der Waals surface area contributed by atoms with Gasteiger partial charge in [-0.1, -0.05) is 6.07 Å². The van der Waals surface area contributed by atoms with E-state index in [0.29, 0.717) is 0 Å². The summed E-state index contributed by atoms with van der Waals surface area (Å²) in [6, 6.07) is 2.97. The van der Waals surface area contributed by atoms with Crippen molar-refractivity contribution in [3.05, 3.63) is 41.2 Å². The maximum absolute atomic E-state index is 13.5. The average molecular weight is 303 g/mol. The van der Waals surface area contributed by atoms with Crippen LogP contribution in [0.15, 0.2) is 23.1 Å². The van der Waals surface area contributed by atoms with Gasteiger partial charge in [-0.05, 0) is 19.1 Å². The summed E-state index contributed by atoms with van der Waals surface area (Å²) in [6.45, 7) is 0.790. The summed E-state index contributed by atoms with van der Waals surface area (Å²) in [5.74, 6) is -2.08. The molecule has 1 heterocycles. The molecule has 108 valence electrons. The number of hydrogen-bond acceptors (Lipinski definition) is 4. The van der Waals surface area contributed by atoms with Crippen LogP contribution in [0.5, 0.6) is 0 Å². The number of aromatic nitrogens is 2. The first-order chi connectivity index (χ1) is 9.36. The van der Waals surface area contributed by atoms with Gasteiger partial charge in [-0.3, -0.25) is 9.82 Å². The van der Waals surface area contributed by atoms with Gasteiger partial charge in [-0.15, -0.1) is 0 Å². The smallest absolute Gasteiger partial charge is 0.265 e. The molecule has 3 N–H and O–H groups in total. The van der Waals surface area contributed by atoms with E-state index in [-0.39, 0.29) is 16.3 Å². The average Bonchev–Trinajstić information content (AvgIpc) is 2.76. The number of H-pyrrole nitrogens is 1. The molecule has 0 unspecified atom stereocenters. The minimum absolute atomic E-state index is 0.133. The lowest BCUT2D eigenvalue weighted by molar-refractivity contribution is 0.273. The van der Waals surface area contributed by atoms with Crippen LogP contribution in [0, 0.1) is 18.6 Å². The summed E-state index contributed by atoms with van der Waals surface area (Å²) >= 11 is 0. The number of halogens is 2. The van der Waals surface area contributed by atoms with E-state index in [0.717, 1.165) is 18.2 Å². The number of hydrogen-bond donors (Lipinski definition) is 3. The van der Waals surface area contributed by atoms with Gasteiger partial charge in [0.1, 0.15) is 27.9 Å². The van der Waals surface area contributed by atoms with Gasteiger partial charge in [-0.25, -0.2) is 17.2 Å². The van der Waals surface area contributed by atoms with Crippen LogP contribution in [0.25, 0.3) is 0 Å². The van der Waals surface area contributed by atoms with Gasteiger partial charge in [0.05, 0.1) is 12.3 Å². The zero-order chi connectivity index (χ0) is 14.9. The van der Waals surface area contributed by atoms with Gasteiger partial charge >= 0.3 is 0 Å². The molecule has 0 radical (unpaired) electrons. The molecular weight excluding hydrogens is 292 g/mol. The molecule has 2 rings (SSSR count). The highest BCUT2D eigenvalue weighted by Crippen LogP contribution is 2.25. The quantitative estimate of drug-likeness (QED) is 0.793. The van der Waals surface area contributed by atoms with E-state index in [2.05, 4.69) is 10.2 Å². The number of nitrogens with zero attached hydrogens (tertiary/aromatic N) is 1. The molecule has 6 nitrogen and oxygen atoms in total. The second kappa shape index (κ2) is 5.17. The van der Waals surface area contributed by atoms with E-state index in [1.165, 1.54) is 6.92 Å². The molecule has 0 saturated carbocycles. The van der Waals surface area contributed by atoms with Crippen molar-refractivity contribution < 1.29 is 22.3 Å². The van der Waals surface area contributed by atoms with Crippen molar-refractivity contribution in [2.45, 2.75) is 18.4 Å². The number of aromatic amines is 1. The second-order valence-corrected chi connectivity index (χ2v) is 5.60. The van der Waals surface area contributed by atoms with Gasteiger partial charge in [0, 0.05) is 0 Å². The second-order valence-electron chi connectivity index (χ2n) is 3.98. The number of para-hydroxylation sites is 1. The molecule has 0 amide bonds. The topological polar surface area (TPSA) is 95.1 Å². The fourth-order valence-corrected chi connectivity index (χ4v) is 3.15. The summed E-state index contributed by atoms with van der Waals surface area (Å²) in [5.41, 5.74) is -0.762. The molecule has 0 fully saturated rings. The van der Waals surface area contributed by atoms with Crippen molar-refractivity contribution >= 4 is 15.7 Å². The van der Waals surface area contributed by atoms with Crippen molar-refractivity contribution in [3.63, 3.8) is 0 Å². The lowest BCUT2D eigenvalue weighted by atomic mass is 10.3. The minimum Gasteiger partial charge on any atom is -0.390 e. The summed E-state index contributed by atoms with van der Waals surface area (Å²) < 4.78 is 53.1. The van der Waals surface area contributed by atoms with E-state index in [1.54, 1.807) is 0 Å². The van der Waals surface area contributed by atoms with Crippen LogP contribution in [0.3, 0.4) is 0 Å².